The number of nitrogens with zero attached hydrogens (tertiary/aromatic N) is 1. The number of rotatable bonds is 8. The first kappa shape index (κ1) is 20.5. The summed E-state index contributed by atoms with van der Waals surface area (Å²) in [5.74, 6) is 2.19. The van der Waals surface area contributed by atoms with Gasteiger partial charge in [0.05, 0.1) is 44.0 Å². The number of methoxy groups -OCH3 is 3. The highest BCUT2D eigenvalue weighted by atomic mass is 16.5. The minimum Gasteiger partial charge on any atom is -0.496 e. The molecule has 1 atom stereocenters. The molecule has 7 nitrogen and oxygen atoms in total. The van der Waals surface area contributed by atoms with Crippen molar-refractivity contribution in [1.29, 1.82) is 0 Å². The van der Waals surface area contributed by atoms with Crippen molar-refractivity contribution in [3.8, 4) is 17.2 Å². The van der Waals surface area contributed by atoms with Crippen molar-refractivity contribution in [2.24, 2.45) is 5.92 Å². The van der Waals surface area contributed by atoms with Gasteiger partial charge in [0, 0.05) is 12.1 Å². The SMILES string of the molecule is COc1cc(OC)c(C(=O)N[C@@H](CC(C)C)c2nc3ccccc3[nH]2)cc1OC. The van der Waals surface area contributed by atoms with Crippen LogP contribution < -0.4 is 19.5 Å². The number of hydrogen-bond acceptors (Lipinski definition) is 5. The molecule has 0 saturated carbocycles. The van der Waals surface area contributed by atoms with Gasteiger partial charge in [0.25, 0.3) is 5.91 Å². The van der Waals surface area contributed by atoms with Crippen molar-refractivity contribution in [3.63, 3.8) is 0 Å². The highest BCUT2D eigenvalue weighted by Crippen LogP contribution is 2.35. The van der Waals surface area contributed by atoms with Gasteiger partial charge in [0.15, 0.2) is 11.5 Å². The molecule has 2 N–H and O–H groups in total. The van der Waals surface area contributed by atoms with Gasteiger partial charge in [-0.2, -0.15) is 0 Å². The average molecular weight is 397 g/mol. The van der Waals surface area contributed by atoms with Gasteiger partial charge in [-0.05, 0) is 24.5 Å². The van der Waals surface area contributed by atoms with E-state index in [0.29, 0.717) is 28.7 Å². The molecule has 3 rings (SSSR count). The second-order valence-corrected chi connectivity index (χ2v) is 7.20. The number of hydrogen-bond donors (Lipinski definition) is 2. The Kier molecular flexibility index (Phi) is 6.26. The van der Waals surface area contributed by atoms with E-state index >= 15 is 0 Å². The Labute approximate surface area is 170 Å². The molecule has 2 aromatic carbocycles. The van der Waals surface area contributed by atoms with Gasteiger partial charge in [-0.1, -0.05) is 26.0 Å². The smallest absolute Gasteiger partial charge is 0.255 e. The molecule has 7 heteroatoms. The van der Waals surface area contributed by atoms with Gasteiger partial charge in [0.2, 0.25) is 0 Å². The number of ether oxygens (including phenoxy) is 3. The molecule has 0 aliphatic heterocycles. The van der Waals surface area contributed by atoms with Gasteiger partial charge in [-0.25, -0.2) is 4.98 Å². The Morgan fingerprint density at radius 2 is 1.69 bits per heavy atom. The van der Waals surface area contributed by atoms with Crippen molar-refractivity contribution >= 4 is 16.9 Å². The van der Waals surface area contributed by atoms with Crippen LogP contribution in [0, 0.1) is 5.92 Å². The first-order valence-corrected chi connectivity index (χ1v) is 9.52. The van der Waals surface area contributed by atoms with E-state index in [0.717, 1.165) is 23.3 Å². The Hall–Kier alpha value is -3.22. The van der Waals surface area contributed by atoms with E-state index < -0.39 is 0 Å². The molecular weight excluding hydrogens is 370 g/mol. The zero-order valence-corrected chi connectivity index (χ0v) is 17.4. The van der Waals surface area contributed by atoms with Crippen molar-refractivity contribution < 1.29 is 19.0 Å². The summed E-state index contributed by atoms with van der Waals surface area (Å²) in [5, 5.41) is 3.10. The maximum absolute atomic E-state index is 13.1. The summed E-state index contributed by atoms with van der Waals surface area (Å²) in [6.45, 7) is 4.22. The number of fused-ring (bicyclic) bond motifs is 1. The topological polar surface area (TPSA) is 85.5 Å². The summed E-state index contributed by atoms with van der Waals surface area (Å²) in [6.07, 6.45) is 0.737. The second kappa shape index (κ2) is 8.86. The van der Waals surface area contributed by atoms with E-state index in [4.69, 9.17) is 14.2 Å². The lowest BCUT2D eigenvalue weighted by molar-refractivity contribution is 0.0926. The van der Waals surface area contributed by atoms with Crippen LogP contribution in [0.15, 0.2) is 36.4 Å². The lowest BCUT2D eigenvalue weighted by atomic mass is 10.0. The quantitative estimate of drug-likeness (QED) is 0.598. The number of aromatic nitrogens is 2. The standard InChI is InChI=1S/C22H27N3O4/c1-13(2)10-17(21-23-15-8-6-7-9-16(15)24-21)25-22(26)14-11-19(28-4)20(29-5)12-18(14)27-3/h6-9,11-13,17H,10H2,1-5H3,(H,23,24)(H,25,26)/t17-/m0/s1. The number of para-hydroxylation sites is 2. The monoisotopic (exact) mass is 397 g/mol. The Balaban J connectivity index is 1.94. The third kappa shape index (κ3) is 4.45. The zero-order chi connectivity index (χ0) is 21.0. The van der Waals surface area contributed by atoms with Gasteiger partial charge < -0.3 is 24.5 Å². The first-order valence-electron chi connectivity index (χ1n) is 9.52. The highest BCUT2D eigenvalue weighted by molar-refractivity contribution is 5.98. The zero-order valence-electron chi connectivity index (χ0n) is 17.4. The normalized spacial score (nSPS) is 12.1. The molecule has 0 spiro atoms. The predicted molar refractivity (Wildman–Crippen MR) is 112 cm³/mol. The number of nitrogens with one attached hydrogen (secondary N) is 2. The second-order valence-electron chi connectivity index (χ2n) is 7.20. The fourth-order valence-electron chi connectivity index (χ4n) is 3.29. The summed E-state index contributed by atoms with van der Waals surface area (Å²) in [6, 6.07) is 10.8. The van der Waals surface area contributed by atoms with Crippen LogP contribution in [0.4, 0.5) is 0 Å². The molecule has 0 aliphatic carbocycles. The molecule has 1 aromatic heterocycles. The van der Waals surface area contributed by atoms with Crippen LogP contribution in [-0.4, -0.2) is 37.2 Å². The number of benzene rings is 2. The largest absolute Gasteiger partial charge is 0.496 e. The third-order valence-corrected chi connectivity index (χ3v) is 4.70. The lowest BCUT2D eigenvalue weighted by Crippen LogP contribution is -2.30. The molecule has 0 fully saturated rings. The minimum atomic E-state index is -0.271. The molecule has 154 valence electrons. The molecule has 0 bridgehead atoms. The summed E-state index contributed by atoms with van der Waals surface area (Å²) >= 11 is 0. The van der Waals surface area contributed by atoms with Crippen LogP contribution in [0.5, 0.6) is 17.2 Å². The molecule has 3 aromatic rings. The average Bonchev–Trinajstić information content (AvgIpc) is 3.16. The maximum Gasteiger partial charge on any atom is 0.255 e. The van der Waals surface area contributed by atoms with Gasteiger partial charge in [-0.15, -0.1) is 0 Å². The number of aromatic amines is 1. The van der Waals surface area contributed by atoms with Crippen LogP contribution in [0.1, 0.15) is 42.5 Å². The Bertz CT molecular complexity index is 964. The molecule has 0 saturated heterocycles. The molecule has 29 heavy (non-hydrogen) atoms. The van der Waals surface area contributed by atoms with E-state index in [1.807, 2.05) is 24.3 Å². The minimum absolute atomic E-state index is 0.270. The number of carbonyl (C=O) groups excluding carboxylic acids is 1. The summed E-state index contributed by atoms with van der Waals surface area (Å²) < 4.78 is 16.0. The number of H-pyrrole nitrogens is 1. The van der Waals surface area contributed by atoms with E-state index in [2.05, 4.69) is 29.1 Å². The Morgan fingerprint density at radius 1 is 1.03 bits per heavy atom. The molecule has 1 amide bonds. The Morgan fingerprint density at radius 3 is 2.31 bits per heavy atom. The summed E-state index contributed by atoms with van der Waals surface area (Å²) in [7, 11) is 4.59. The number of imidazole rings is 1. The third-order valence-electron chi connectivity index (χ3n) is 4.70. The predicted octanol–water partition coefficient (Wildman–Crippen LogP) is 4.11. The molecule has 0 radical (unpaired) electrons. The van der Waals surface area contributed by atoms with Crippen molar-refractivity contribution in [2.75, 3.05) is 21.3 Å². The van der Waals surface area contributed by atoms with Crippen LogP contribution in [0.3, 0.4) is 0 Å². The molecular formula is C22H27N3O4. The first-order chi connectivity index (χ1) is 14.0. The van der Waals surface area contributed by atoms with Crippen molar-refractivity contribution in [3.05, 3.63) is 47.8 Å². The van der Waals surface area contributed by atoms with E-state index in [1.165, 1.54) is 21.3 Å². The summed E-state index contributed by atoms with van der Waals surface area (Å²) in [5.41, 5.74) is 2.18. The molecule has 1 heterocycles. The van der Waals surface area contributed by atoms with E-state index in [9.17, 15) is 4.79 Å². The summed E-state index contributed by atoms with van der Waals surface area (Å²) in [4.78, 5) is 21.1. The van der Waals surface area contributed by atoms with E-state index in [-0.39, 0.29) is 11.9 Å². The van der Waals surface area contributed by atoms with Gasteiger partial charge in [-0.3, -0.25) is 4.79 Å². The fraction of sp³-hybridized carbons (Fsp3) is 0.364. The number of carbonyl (C=O) groups is 1. The number of amides is 1. The lowest BCUT2D eigenvalue weighted by Gasteiger charge is -2.20. The van der Waals surface area contributed by atoms with Crippen molar-refractivity contribution in [1.82, 2.24) is 15.3 Å². The fourth-order valence-corrected chi connectivity index (χ4v) is 3.29. The maximum atomic E-state index is 13.1. The van der Waals surface area contributed by atoms with Crippen molar-refractivity contribution in [2.45, 2.75) is 26.3 Å². The van der Waals surface area contributed by atoms with Crippen LogP contribution >= 0.6 is 0 Å². The van der Waals surface area contributed by atoms with Crippen LogP contribution in [-0.2, 0) is 0 Å². The highest BCUT2D eigenvalue weighted by Gasteiger charge is 2.24. The molecule has 0 unspecified atom stereocenters. The van der Waals surface area contributed by atoms with Gasteiger partial charge >= 0.3 is 0 Å². The van der Waals surface area contributed by atoms with Crippen LogP contribution in [0.2, 0.25) is 0 Å². The van der Waals surface area contributed by atoms with Crippen LogP contribution in [0.25, 0.3) is 11.0 Å². The molecule has 0 aliphatic rings. The van der Waals surface area contributed by atoms with E-state index in [1.54, 1.807) is 12.1 Å². The van der Waals surface area contributed by atoms with Gasteiger partial charge in [0.1, 0.15) is 11.6 Å².